The maximum Gasteiger partial charge on any atom is 0.343 e. The van der Waals surface area contributed by atoms with Crippen molar-refractivity contribution < 1.29 is 23.0 Å². The summed E-state index contributed by atoms with van der Waals surface area (Å²) in [6.07, 6.45) is -1.62. The highest BCUT2D eigenvalue weighted by molar-refractivity contribution is 5.95. The van der Waals surface area contributed by atoms with Crippen LogP contribution >= 0.6 is 0 Å². The van der Waals surface area contributed by atoms with Crippen LogP contribution in [0.5, 0.6) is 5.75 Å². The van der Waals surface area contributed by atoms with E-state index in [0.29, 0.717) is 17.0 Å². The van der Waals surface area contributed by atoms with E-state index in [0.717, 1.165) is 10.7 Å². The first-order valence-corrected chi connectivity index (χ1v) is 6.94. The number of carbonyl (C=O) groups is 1. The molecule has 0 fully saturated rings. The Kier molecular flexibility index (Phi) is 4.11. The zero-order chi connectivity index (χ0) is 17.3. The van der Waals surface area contributed by atoms with Gasteiger partial charge in [0.05, 0.1) is 26.1 Å². The molecular formula is C16H13F2N3O3. The van der Waals surface area contributed by atoms with Crippen LogP contribution in [0.2, 0.25) is 0 Å². The van der Waals surface area contributed by atoms with Gasteiger partial charge in [-0.05, 0) is 30.3 Å². The van der Waals surface area contributed by atoms with Gasteiger partial charge in [0, 0.05) is 5.56 Å². The number of nitrogens with zero attached hydrogens (tertiary/aromatic N) is 3. The quantitative estimate of drug-likeness (QED) is 0.686. The van der Waals surface area contributed by atoms with E-state index < -0.39 is 12.4 Å². The van der Waals surface area contributed by atoms with Crippen LogP contribution in [0.1, 0.15) is 22.5 Å². The molecule has 0 N–H and O–H groups in total. The number of alkyl halides is 2. The van der Waals surface area contributed by atoms with Crippen LogP contribution in [-0.4, -0.2) is 34.8 Å². The predicted octanol–water partition coefficient (Wildman–Crippen LogP) is 3.13. The van der Waals surface area contributed by atoms with Crippen LogP contribution < -0.4 is 4.74 Å². The Morgan fingerprint density at radius 1 is 1.21 bits per heavy atom. The Hall–Kier alpha value is -3.03. The fourth-order valence-corrected chi connectivity index (χ4v) is 2.31. The van der Waals surface area contributed by atoms with E-state index in [1.807, 2.05) is 0 Å². The summed E-state index contributed by atoms with van der Waals surface area (Å²) in [7, 11) is 2.73. The fourth-order valence-electron chi connectivity index (χ4n) is 2.31. The lowest BCUT2D eigenvalue weighted by Crippen LogP contribution is -2.06. The second-order valence-corrected chi connectivity index (χ2v) is 4.88. The lowest BCUT2D eigenvalue weighted by molar-refractivity contribution is 0.0602. The van der Waals surface area contributed by atoms with Crippen LogP contribution in [-0.2, 0) is 4.74 Å². The van der Waals surface area contributed by atoms with E-state index in [9.17, 15) is 13.6 Å². The lowest BCUT2D eigenvalue weighted by atomic mass is 10.1. The van der Waals surface area contributed by atoms with Crippen molar-refractivity contribution in [1.82, 2.24) is 14.6 Å². The van der Waals surface area contributed by atoms with E-state index in [1.165, 1.54) is 20.3 Å². The van der Waals surface area contributed by atoms with Crippen LogP contribution in [0.15, 0.2) is 36.5 Å². The van der Waals surface area contributed by atoms with Gasteiger partial charge in [-0.25, -0.2) is 23.1 Å². The summed E-state index contributed by atoms with van der Waals surface area (Å²) >= 11 is 0. The third-order valence-corrected chi connectivity index (χ3v) is 3.51. The van der Waals surface area contributed by atoms with Gasteiger partial charge in [-0.1, -0.05) is 0 Å². The lowest BCUT2D eigenvalue weighted by Gasteiger charge is -2.08. The van der Waals surface area contributed by atoms with Crippen LogP contribution in [0.4, 0.5) is 8.78 Å². The average Bonchev–Trinajstić information content (AvgIpc) is 3.04. The first-order valence-electron chi connectivity index (χ1n) is 6.94. The molecule has 2 aromatic heterocycles. The molecule has 3 rings (SSSR count). The molecule has 3 aromatic rings. The van der Waals surface area contributed by atoms with Crippen molar-refractivity contribution in [3.8, 4) is 17.0 Å². The number of hydrogen-bond donors (Lipinski definition) is 0. The van der Waals surface area contributed by atoms with Crippen molar-refractivity contribution in [3.05, 3.63) is 47.8 Å². The second-order valence-electron chi connectivity index (χ2n) is 4.88. The van der Waals surface area contributed by atoms with Gasteiger partial charge in [0.2, 0.25) is 0 Å². The van der Waals surface area contributed by atoms with Crippen molar-refractivity contribution in [2.75, 3.05) is 14.2 Å². The SMILES string of the molecule is COC(=O)c1cnn2c(C(F)F)cc(-c3ccc(OC)cc3)nc12. The van der Waals surface area contributed by atoms with Gasteiger partial charge in [0.25, 0.3) is 6.43 Å². The van der Waals surface area contributed by atoms with E-state index in [1.54, 1.807) is 24.3 Å². The van der Waals surface area contributed by atoms with Gasteiger partial charge in [-0.15, -0.1) is 0 Å². The zero-order valence-electron chi connectivity index (χ0n) is 12.9. The molecule has 0 spiro atoms. The maximum atomic E-state index is 13.4. The number of carbonyl (C=O) groups excluding carboxylic acids is 1. The molecule has 0 aliphatic heterocycles. The summed E-state index contributed by atoms with van der Waals surface area (Å²) in [5.74, 6) is -0.0573. The topological polar surface area (TPSA) is 65.7 Å². The molecule has 1 aromatic carbocycles. The highest BCUT2D eigenvalue weighted by Gasteiger charge is 2.21. The third kappa shape index (κ3) is 2.66. The molecule has 0 unspecified atom stereocenters. The minimum Gasteiger partial charge on any atom is -0.497 e. The Bertz CT molecular complexity index is 891. The summed E-state index contributed by atoms with van der Waals surface area (Å²) in [5.41, 5.74) is 0.588. The number of halogens is 2. The number of methoxy groups -OCH3 is 2. The molecule has 8 heteroatoms. The van der Waals surface area contributed by atoms with E-state index in [-0.39, 0.29) is 16.9 Å². The molecule has 6 nitrogen and oxygen atoms in total. The van der Waals surface area contributed by atoms with Crippen molar-refractivity contribution in [1.29, 1.82) is 0 Å². The number of hydrogen-bond acceptors (Lipinski definition) is 5. The standard InChI is InChI=1S/C16H13F2N3O3/c1-23-10-5-3-9(4-6-10)12-7-13(14(17)18)21-15(20-12)11(8-19-21)16(22)24-2/h3-8,14H,1-2H3. The summed E-state index contributed by atoms with van der Waals surface area (Å²) in [6, 6.07) is 8.03. The van der Waals surface area contributed by atoms with Crippen molar-refractivity contribution in [2.24, 2.45) is 0 Å². The minimum atomic E-state index is -2.78. The fraction of sp³-hybridized carbons (Fsp3) is 0.188. The van der Waals surface area contributed by atoms with Crippen LogP contribution in [0.25, 0.3) is 16.9 Å². The van der Waals surface area contributed by atoms with Crippen LogP contribution in [0, 0.1) is 0 Å². The molecule has 2 heterocycles. The second kappa shape index (κ2) is 6.23. The molecule has 0 aliphatic rings. The summed E-state index contributed by atoms with van der Waals surface area (Å²) in [4.78, 5) is 16.1. The molecule has 0 saturated heterocycles. The number of aromatic nitrogens is 3. The molecule has 0 bridgehead atoms. The molecule has 0 radical (unpaired) electrons. The molecule has 0 atom stereocenters. The minimum absolute atomic E-state index is 0.0190. The predicted molar refractivity (Wildman–Crippen MR) is 81.3 cm³/mol. The average molecular weight is 333 g/mol. The molecule has 124 valence electrons. The first-order chi connectivity index (χ1) is 11.5. The molecular weight excluding hydrogens is 320 g/mol. The molecule has 0 aliphatic carbocycles. The number of esters is 1. The Labute approximate surface area is 135 Å². The Morgan fingerprint density at radius 3 is 2.50 bits per heavy atom. The van der Waals surface area contributed by atoms with Crippen molar-refractivity contribution >= 4 is 11.6 Å². The van der Waals surface area contributed by atoms with Gasteiger partial charge in [-0.2, -0.15) is 5.10 Å². The van der Waals surface area contributed by atoms with Gasteiger partial charge in [-0.3, -0.25) is 0 Å². The largest absolute Gasteiger partial charge is 0.497 e. The highest BCUT2D eigenvalue weighted by Crippen LogP contribution is 2.27. The normalized spacial score (nSPS) is 11.0. The molecule has 0 saturated carbocycles. The third-order valence-electron chi connectivity index (χ3n) is 3.51. The number of benzene rings is 1. The van der Waals surface area contributed by atoms with Gasteiger partial charge in [0.15, 0.2) is 5.65 Å². The maximum absolute atomic E-state index is 13.4. The van der Waals surface area contributed by atoms with Crippen LogP contribution in [0.3, 0.4) is 0 Å². The van der Waals surface area contributed by atoms with E-state index in [2.05, 4.69) is 14.8 Å². The van der Waals surface area contributed by atoms with Gasteiger partial charge < -0.3 is 9.47 Å². The Morgan fingerprint density at radius 2 is 1.92 bits per heavy atom. The van der Waals surface area contributed by atoms with E-state index in [4.69, 9.17) is 4.74 Å². The number of rotatable bonds is 4. The zero-order valence-corrected chi connectivity index (χ0v) is 12.9. The number of ether oxygens (including phenoxy) is 2. The molecule has 24 heavy (non-hydrogen) atoms. The molecule has 0 amide bonds. The highest BCUT2D eigenvalue weighted by atomic mass is 19.3. The summed E-state index contributed by atoms with van der Waals surface area (Å²) in [5, 5.41) is 3.82. The smallest absolute Gasteiger partial charge is 0.343 e. The Balaban J connectivity index is 2.22. The van der Waals surface area contributed by atoms with Crippen molar-refractivity contribution in [2.45, 2.75) is 6.43 Å². The van der Waals surface area contributed by atoms with Crippen molar-refractivity contribution in [3.63, 3.8) is 0 Å². The van der Waals surface area contributed by atoms with Gasteiger partial charge >= 0.3 is 5.97 Å². The monoisotopic (exact) mass is 333 g/mol. The first kappa shape index (κ1) is 15.9. The summed E-state index contributed by atoms with van der Waals surface area (Å²) < 4.78 is 37.4. The van der Waals surface area contributed by atoms with Gasteiger partial charge in [0.1, 0.15) is 17.0 Å². The van der Waals surface area contributed by atoms with E-state index >= 15 is 0 Å². The number of fused-ring (bicyclic) bond motifs is 1. The summed E-state index contributed by atoms with van der Waals surface area (Å²) in [6.45, 7) is 0.